The normalized spacial score (nSPS) is 20.3. The van der Waals surface area contributed by atoms with Crippen LogP contribution in [-0.4, -0.2) is 13.1 Å². The van der Waals surface area contributed by atoms with Crippen molar-refractivity contribution in [2.45, 2.75) is 38.6 Å². The SMILES string of the molecule is CNC(C=C(C)C)C1CCc2ccccc21. The monoisotopic (exact) mass is 215 g/mol. The first kappa shape index (κ1) is 11.4. The van der Waals surface area contributed by atoms with E-state index in [1.165, 1.54) is 24.0 Å². The first-order valence-corrected chi connectivity index (χ1v) is 6.12. The molecule has 1 aliphatic rings. The van der Waals surface area contributed by atoms with Crippen LogP contribution in [0, 0.1) is 0 Å². The van der Waals surface area contributed by atoms with E-state index in [0.717, 1.165) is 0 Å². The first-order chi connectivity index (χ1) is 7.72. The van der Waals surface area contributed by atoms with Crippen LogP contribution in [0.15, 0.2) is 35.9 Å². The molecule has 0 saturated carbocycles. The van der Waals surface area contributed by atoms with Crippen LogP contribution in [0.25, 0.3) is 0 Å². The van der Waals surface area contributed by atoms with Crippen LogP contribution in [0.2, 0.25) is 0 Å². The largest absolute Gasteiger partial charge is 0.313 e. The molecule has 0 radical (unpaired) electrons. The Morgan fingerprint density at radius 2 is 2.12 bits per heavy atom. The van der Waals surface area contributed by atoms with Gasteiger partial charge >= 0.3 is 0 Å². The molecule has 0 spiro atoms. The molecule has 0 saturated heterocycles. The lowest BCUT2D eigenvalue weighted by Crippen LogP contribution is -2.29. The smallest absolute Gasteiger partial charge is 0.0318 e. The van der Waals surface area contributed by atoms with Gasteiger partial charge in [-0.25, -0.2) is 0 Å². The highest BCUT2D eigenvalue weighted by Crippen LogP contribution is 2.35. The zero-order chi connectivity index (χ0) is 11.5. The molecule has 86 valence electrons. The summed E-state index contributed by atoms with van der Waals surface area (Å²) in [7, 11) is 2.06. The number of likely N-dealkylation sites (N-methyl/N-ethyl adjacent to an activating group) is 1. The highest BCUT2D eigenvalue weighted by molar-refractivity contribution is 5.37. The number of allylic oxidation sites excluding steroid dienone is 1. The number of rotatable bonds is 3. The molecule has 1 nitrogen and oxygen atoms in total. The minimum absolute atomic E-state index is 0.480. The molecule has 0 bridgehead atoms. The molecule has 16 heavy (non-hydrogen) atoms. The van der Waals surface area contributed by atoms with Crippen molar-refractivity contribution in [3.63, 3.8) is 0 Å². The van der Waals surface area contributed by atoms with Crippen molar-refractivity contribution in [1.82, 2.24) is 5.32 Å². The molecular weight excluding hydrogens is 194 g/mol. The molecular formula is C15H21N. The van der Waals surface area contributed by atoms with Gasteiger partial charge in [-0.15, -0.1) is 0 Å². The molecule has 2 unspecified atom stereocenters. The second-order valence-corrected chi connectivity index (χ2v) is 4.90. The lowest BCUT2D eigenvalue weighted by Gasteiger charge is -2.21. The van der Waals surface area contributed by atoms with Gasteiger partial charge in [-0.3, -0.25) is 0 Å². The molecule has 0 aromatic heterocycles. The lowest BCUT2D eigenvalue weighted by atomic mass is 9.92. The van der Waals surface area contributed by atoms with E-state index >= 15 is 0 Å². The van der Waals surface area contributed by atoms with Crippen molar-refractivity contribution in [1.29, 1.82) is 0 Å². The van der Waals surface area contributed by atoms with E-state index in [0.29, 0.717) is 12.0 Å². The molecule has 2 atom stereocenters. The second kappa shape index (κ2) is 4.84. The van der Waals surface area contributed by atoms with Crippen LogP contribution >= 0.6 is 0 Å². The molecule has 0 fully saturated rings. The van der Waals surface area contributed by atoms with E-state index in [4.69, 9.17) is 0 Å². The third-order valence-corrected chi connectivity index (χ3v) is 3.46. The third-order valence-electron chi connectivity index (χ3n) is 3.46. The maximum atomic E-state index is 3.44. The van der Waals surface area contributed by atoms with Crippen molar-refractivity contribution in [2.75, 3.05) is 7.05 Å². The number of fused-ring (bicyclic) bond motifs is 1. The van der Waals surface area contributed by atoms with E-state index in [1.54, 1.807) is 5.56 Å². The Bertz CT molecular complexity index is 388. The summed E-state index contributed by atoms with van der Waals surface area (Å²) in [6.45, 7) is 4.34. The molecule has 1 heteroatoms. The van der Waals surface area contributed by atoms with Gasteiger partial charge in [0.05, 0.1) is 0 Å². The fraction of sp³-hybridized carbons (Fsp3) is 0.467. The number of hydrogen-bond acceptors (Lipinski definition) is 1. The molecule has 1 aliphatic carbocycles. The van der Waals surface area contributed by atoms with Gasteiger partial charge in [-0.2, -0.15) is 0 Å². The number of benzene rings is 1. The quantitative estimate of drug-likeness (QED) is 0.763. The second-order valence-electron chi connectivity index (χ2n) is 4.90. The highest BCUT2D eigenvalue weighted by atomic mass is 14.9. The van der Waals surface area contributed by atoms with Crippen molar-refractivity contribution < 1.29 is 0 Å². The van der Waals surface area contributed by atoms with Crippen molar-refractivity contribution in [3.8, 4) is 0 Å². The van der Waals surface area contributed by atoms with Gasteiger partial charge in [0.1, 0.15) is 0 Å². The van der Waals surface area contributed by atoms with Gasteiger partial charge in [0.15, 0.2) is 0 Å². The van der Waals surface area contributed by atoms with Crippen LogP contribution in [0.5, 0.6) is 0 Å². The number of hydrogen-bond donors (Lipinski definition) is 1. The van der Waals surface area contributed by atoms with E-state index in [-0.39, 0.29) is 0 Å². The van der Waals surface area contributed by atoms with E-state index in [1.807, 2.05) is 0 Å². The minimum atomic E-state index is 0.480. The summed E-state index contributed by atoms with van der Waals surface area (Å²) >= 11 is 0. The van der Waals surface area contributed by atoms with Gasteiger partial charge in [0, 0.05) is 12.0 Å². The summed E-state index contributed by atoms with van der Waals surface area (Å²) in [5.74, 6) is 0.649. The highest BCUT2D eigenvalue weighted by Gasteiger charge is 2.27. The van der Waals surface area contributed by atoms with Gasteiger partial charge in [-0.1, -0.05) is 35.9 Å². The van der Waals surface area contributed by atoms with E-state index < -0.39 is 0 Å². The van der Waals surface area contributed by atoms with E-state index in [9.17, 15) is 0 Å². The molecule has 2 rings (SSSR count). The Morgan fingerprint density at radius 3 is 2.81 bits per heavy atom. The first-order valence-electron chi connectivity index (χ1n) is 6.12. The van der Waals surface area contributed by atoms with Gasteiger partial charge in [0.2, 0.25) is 0 Å². The number of nitrogens with one attached hydrogen (secondary N) is 1. The van der Waals surface area contributed by atoms with Crippen molar-refractivity contribution in [3.05, 3.63) is 47.0 Å². The molecule has 1 aromatic rings. The zero-order valence-electron chi connectivity index (χ0n) is 10.5. The maximum Gasteiger partial charge on any atom is 0.0318 e. The lowest BCUT2D eigenvalue weighted by molar-refractivity contribution is 0.530. The summed E-state index contributed by atoms with van der Waals surface area (Å²) in [5.41, 5.74) is 4.47. The summed E-state index contributed by atoms with van der Waals surface area (Å²) < 4.78 is 0. The van der Waals surface area contributed by atoms with Crippen molar-refractivity contribution in [2.24, 2.45) is 0 Å². The topological polar surface area (TPSA) is 12.0 Å². The third kappa shape index (κ3) is 2.19. The number of aryl methyl sites for hydroxylation is 1. The van der Waals surface area contributed by atoms with Gasteiger partial charge < -0.3 is 5.32 Å². The fourth-order valence-corrected chi connectivity index (χ4v) is 2.72. The van der Waals surface area contributed by atoms with Crippen LogP contribution in [0.1, 0.15) is 37.3 Å². The summed E-state index contributed by atoms with van der Waals surface area (Å²) in [6.07, 6.45) is 4.86. The van der Waals surface area contributed by atoms with Crippen LogP contribution in [0.4, 0.5) is 0 Å². The minimum Gasteiger partial charge on any atom is -0.313 e. The Labute approximate surface area is 98.6 Å². The molecule has 1 aromatic carbocycles. The van der Waals surface area contributed by atoms with E-state index in [2.05, 4.69) is 56.6 Å². The predicted octanol–water partition coefficient (Wildman–Crippen LogP) is 3.27. The van der Waals surface area contributed by atoms with Gasteiger partial charge in [0.25, 0.3) is 0 Å². The Balaban J connectivity index is 2.26. The summed E-state index contributed by atoms with van der Waals surface area (Å²) in [5, 5.41) is 3.44. The average molecular weight is 215 g/mol. The fourth-order valence-electron chi connectivity index (χ4n) is 2.72. The summed E-state index contributed by atoms with van der Waals surface area (Å²) in [6, 6.07) is 9.34. The molecule has 0 amide bonds. The molecule has 0 aliphatic heterocycles. The van der Waals surface area contributed by atoms with Crippen LogP contribution < -0.4 is 5.32 Å². The Kier molecular flexibility index (Phi) is 3.45. The maximum absolute atomic E-state index is 3.44. The van der Waals surface area contributed by atoms with Crippen LogP contribution in [0.3, 0.4) is 0 Å². The predicted molar refractivity (Wildman–Crippen MR) is 69.8 cm³/mol. The average Bonchev–Trinajstić information content (AvgIpc) is 2.69. The van der Waals surface area contributed by atoms with Gasteiger partial charge in [-0.05, 0) is 44.9 Å². The molecule has 0 heterocycles. The Morgan fingerprint density at radius 1 is 1.38 bits per heavy atom. The standard InChI is InChI=1S/C15H21N/c1-11(2)10-15(16-3)14-9-8-12-6-4-5-7-13(12)14/h4-7,10,14-16H,8-9H2,1-3H3. The van der Waals surface area contributed by atoms with Crippen molar-refractivity contribution >= 4 is 0 Å². The molecule has 1 N–H and O–H groups in total. The zero-order valence-corrected chi connectivity index (χ0v) is 10.5. The Hall–Kier alpha value is -1.08. The van der Waals surface area contributed by atoms with Crippen LogP contribution in [-0.2, 0) is 6.42 Å². The summed E-state index contributed by atoms with van der Waals surface area (Å²) in [4.78, 5) is 0.